The van der Waals surface area contributed by atoms with Crippen molar-refractivity contribution in [2.75, 3.05) is 6.61 Å². The molecule has 1 atom stereocenters. The molecule has 0 aliphatic carbocycles. The van der Waals surface area contributed by atoms with Crippen molar-refractivity contribution in [2.45, 2.75) is 19.4 Å². The molecular formula is C8H12N4O4. The molecule has 0 aliphatic rings. The number of aliphatic carboxylic acids is 1. The highest BCUT2D eigenvalue weighted by molar-refractivity contribution is 5.93. The summed E-state index contributed by atoms with van der Waals surface area (Å²) in [4.78, 5) is 25.9. The molecular weight excluding hydrogens is 216 g/mol. The number of amides is 1. The maximum Gasteiger partial charge on any atom is 0.326 e. The van der Waals surface area contributed by atoms with E-state index in [-0.39, 0.29) is 18.9 Å². The molecule has 1 aromatic heterocycles. The van der Waals surface area contributed by atoms with Crippen molar-refractivity contribution in [3.8, 4) is 0 Å². The molecule has 0 radical (unpaired) electrons. The maximum atomic E-state index is 11.4. The van der Waals surface area contributed by atoms with Gasteiger partial charge in [0.15, 0.2) is 0 Å². The summed E-state index contributed by atoms with van der Waals surface area (Å²) in [6.45, 7) is 1.29. The predicted molar refractivity (Wildman–Crippen MR) is 51.7 cm³/mol. The second-order valence-electron chi connectivity index (χ2n) is 3.12. The number of carbonyl (C=O) groups excluding carboxylic acids is 1. The number of aliphatic hydroxyl groups is 1. The van der Waals surface area contributed by atoms with Gasteiger partial charge in [-0.3, -0.25) is 9.89 Å². The number of aliphatic hydroxyl groups excluding tert-OH is 1. The fraction of sp³-hybridized carbons (Fsp3) is 0.500. The number of carboxylic acid groups (broad SMARTS) is 1. The molecule has 1 amide bonds. The highest BCUT2D eigenvalue weighted by Crippen LogP contribution is 1.96. The lowest BCUT2D eigenvalue weighted by molar-refractivity contribution is -0.139. The summed E-state index contributed by atoms with van der Waals surface area (Å²) in [7, 11) is 0. The third-order valence-corrected chi connectivity index (χ3v) is 1.82. The van der Waals surface area contributed by atoms with Crippen molar-refractivity contribution in [3.05, 3.63) is 11.6 Å². The van der Waals surface area contributed by atoms with E-state index in [1.807, 2.05) is 0 Å². The zero-order valence-electron chi connectivity index (χ0n) is 8.60. The minimum atomic E-state index is -1.21. The van der Waals surface area contributed by atoms with Crippen LogP contribution < -0.4 is 5.32 Å². The molecule has 88 valence electrons. The zero-order chi connectivity index (χ0) is 12.1. The van der Waals surface area contributed by atoms with Crippen LogP contribution in [-0.2, 0) is 4.79 Å². The fourth-order valence-corrected chi connectivity index (χ4v) is 1.05. The van der Waals surface area contributed by atoms with E-state index in [2.05, 4.69) is 20.5 Å². The predicted octanol–water partition coefficient (Wildman–Crippen LogP) is -1.32. The van der Waals surface area contributed by atoms with Crippen molar-refractivity contribution >= 4 is 11.9 Å². The lowest BCUT2D eigenvalue weighted by atomic mass is 10.2. The van der Waals surface area contributed by atoms with Gasteiger partial charge in [0.05, 0.1) is 0 Å². The Morgan fingerprint density at radius 3 is 2.69 bits per heavy atom. The Bertz CT molecular complexity index is 389. The standard InChI is InChI=1S/C8H12N4O4/c1-4-9-6(12-11-4)7(14)10-5(2-3-13)8(15)16/h5,13H,2-3H2,1H3,(H,10,14)(H,15,16)(H,9,11,12). The number of hydrogen-bond donors (Lipinski definition) is 4. The van der Waals surface area contributed by atoms with Crippen molar-refractivity contribution in [3.63, 3.8) is 0 Å². The fourth-order valence-electron chi connectivity index (χ4n) is 1.05. The van der Waals surface area contributed by atoms with Gasteiger partial charge in [-0.2, -0.15) is 0 Å². The minimum Gasteiger partial charge on any atom is -0.480 e. The van der Waals surface area contributed by atoms with Crippen LogP contribution in [0.1, 0.15) is 22.9 Å². The topological polar surface area (TPSA) is 128 Å². The van der Waals surface area contributed by atoms with Gasteiger partial charge in [0.2, 0.25) is 5.82 Å². The van der Waals surface area contributed by atoms with Gasteiger partial charge in [-0.05, 0) is 6.92 Å². The number of hydrogen-bond acceptors (Lipinski definition) is 5. The Balaban J connectivity index is 2.65. The average Bonchev–Trinajstić information content (AvgIpc) is 2.64. The van der Waals surface area contributed by atoms with E-state index in [4.69, 9.17) is 10.2 Å². The monoisotopic (exact) mass is 228 g/mol. The third-order valence-electron chi connectivity index (χ3n) is 1.82. The first-order chi connectivity index (χ1) is 7.54. The van der Waals surface area contributed by atoms with Crippen molar-refractivity contribution in [1.29, 1.82) is 0 Å². The van der Waals surface area contributed by atoms with Crippen LogP contribution >= 0.6 is 0 Å². The van der Waals surface area contributed by atoms with E-state index in [9.17, 15) is 9.59 Å². The summed E-state index contributed by atoms with van der Waals surface area (Å²) in [5.74, 6) is -1.57. The Morgan fingerprint density at radius 2 is 2.25 bits per heavy atom. The van der Waals surface area contributed by atoms with Gasteiger partial charge in [-0.25, -0.2) is 9.78 Å². The number of carbonyl (C=O) groups is 2. The molecule has 0 aliphatic heterocycles. The highest BCUT2D eigenvalue weighted by atomic mass is 16.4. The normalized spacial score (nSPS) is 12.1. The number of aryl methyl sites for hydroxylation is 1. The number of H-pyrrole nitrogens is 1. The third kappa shape index (κ3) is 3.02. The number of aromatic amines is 1. The van der Waals surface area contributed by atoms with Crippen LogP contribution in [0.3, 0.4) is 0 Å². The van der Waals surface area contributed by atoms with Crippen LogP contribution in [0.15, 0.2) is 0 Å². The Labute approximate surface area is 90.7 Å². The van der Waals surface area contributed by atoms with Crippen LogP contribution in [-0.4, -0.2) is 49.9 Å². The quantitative estimate of drug-likeness (QED) is 0.494. The summed E-state index contributed by atoms with van der Waals surface area (Å²) in [5.41, 5.74) is 0. The second-order valence-corrected chi connectivity index (χ2v) is 3.12. The first-order valence-electron chi connectivity index (χ1n) is 4.58. The molecule has 8 nitrogen and oxygen atoms in total. The maximum absolute atomic E-state index is 11.4. The van der Waals surface area contributed by atoms with E-state index in [1.54, 1.807) is 6.92 Å². The molecule has 0 bridgehead atoms. The molecule has 1 heterocycles. The average molecular weight is 228 g/mol. The molecule has 1 rings (SSSR count). The zero-order valence-corrected chi connectivity index (χ0v) is 8.60. The van der Waals surface area contributed by atoms with Crippen LogP contribution in [0.5, 0.6) is 0 Å². The largest absolute Gasteiger partial charge is 0.480 e. The summed E-state index contributed by atoms with van der Waals surface area (Å²) in [6, 6.07) is -1.14. The molecule has 0 aromatic carbocycles. The summed E-state index contributed by atoms with van der Waals surface area (Å²) in [6.07, 6.45) is -0.0650. The van der Waals surface area contributed by atoms with Crippen LogP contribution in [0.25, 0.3) is 0 Å². The van der Waals surface area contributed by atoms with Crippen molar-refractivity contribution < 1.29 is 19.8 Å². The van der Waals surface area contributed by atoms with Gasteiger partial charge in [-0.1, -0.05) is 0 Å². The van der Waals surface area contributed by atoms with E-state index >= 15 is 0 Å². The molecule has 16 heavy (non-hydrogen) atoms. The highest BCUT2D eigenvalue weighted by Gasteiger charge is 2.21. The molecule has 0 spiro atoms. The van der Waals surface area contributed by atoms with Gasteiger partial charge in [0, 0.05) is 13.0 Å². The number of rotatable bonds is 5. The minimum absolute atomic E-state index is 0.0650. The second kappa shape index (κ2) is 5.21. The Morgan fingerprint density at radius 1 is 1.56 bits per heavy atom. The van der Waals surface area contributed by atoms with E-state index < -0.39 is 17.9 Å². The molecule has 0 saturated heterocycles. The van der Waals surface area contributed by atoms with Gasteiger partial charge in [0.25, 0.3) is 5.91 Å². The van der Waals surface area contributed by atoms with E-state index in [0.29, 0.717) is 5.82 Å². The molecule has 1 unspecified atom stereocenters. The van der Waals surface area contributed by atoms with E-state index in [1.165, 1.54) is 0 Å². The van der Waals surface area contributed by atoms with Gasteiger partial charge in [-0.15, -0.1) is 5.10 Å². The molecule has 0 saturated carbocycles. The SMILES string of the molecule is Cc1nc(C(=O)NC(CCO)C(=O)O)n[nH]1. The Hall–Kier alpha value is -1.96. The number of nitrogens with zero attached hydrogens (tertiary/aromatic N) is 2. The van der Waals surface area contributed by atoms with E-state index in [0.717, 1.165) is 0 Å². The first-order valence-corrected chi connectivity index (χ1v) is 4.58. The van der Waals surface area contributed by atoms with Crippen molar-refractivity contribution in [1.82, 2.24) is 20.5 Å². The Kier molecular flexibility index (Phi) is 3.95. The van der Waals surface area contributed by atoms with Crippen LogP contribution in [0, 0.1) is 6.92 Å². The number of carboxylic acids is 1. The van der Waals surface area contributed by atoms with Crippen LogP contribution in [0.4, 0.5) is 0 Å². The molecule has 0 fully saturated rings. The summed E-state index contributed by atoms with van der Waals surface area (Å²) < 4.78 is 0. The van der Waals surface area contributed by atoms with Gasteiger partial charge < -0.3 is 15.5 Å². The smallest absolute Gasteiger partial charge is 0.326 e. The lowest BCUT2D eigenvalue weighted by Crippen LogP contribution is -2.41. The molecule has 8 heteroatoms. The molecule has 1 aromatic rings. The van der Waals surface area contributed by atoms with Gasteiger partial charge in [0.1, 0.15) is 11.9 Å². The summed E-state index contributed by atoms with van der Waals surface area (Å²) in [5, 5.41) is 25.6. The van der Waals surface area contributed by atoms with Crippen molar-refractivity contribution in [2.24, 2.45) is 0 Å². The molecule has 4 N–H and O–H groups in total. The lowest BCUT2D eigenvalue weighted by Gasteiger charge is -2.11. The van der Waals surface area contributed by atoms with Gasteiger partial charge >= 0.3 is 5.97 Å². The summed E-state index contributed by atoms with van der Waals surface area (Å²) >= 11 is 0. The number of nitrogens with one attached hydrogen (secondary N) is 2. The first kappa shape index (κ1) is 12.1. The number of aromatic nitrogens is 3. The van der Waals surface area contributed by atoms with Crippen LogP contribution in [0.2, 0.25) is 0 Å².